The van der Waals surface area contributed by atoms with E-state index in [4.69, 9.17) is 0 Å². The number of aromatic nitrogens is 1. The summed E-state index contributed by atoms with van der Waals surface area (Å²) < 4.78 is 0. The normalized spacial score (nSPS) is 20.0. The minimum Gasteiger partial charge on any atom is -0.383 e. The van der Waals surface area contributed by atoms with Gasteiger partial charge in [0.25, 0.3) is 0 Å². The highest BCUT2D eigenvalue weighted by Crippen LogP contribution is 2.24. The molecule has 100 valence electrons. The summed E-state index contributed by atoms with van der Waals surface area (Å²) in [7, 11) is 2.22. The maximum Gasteiger partial charge on any atom is 0.0725 e. The summed E-state index contributed by atoms with van der Waals surface area (Å²) in [6.07, 6.45) is 2.62. The second-order valence-corrected chi connectivity index (χ2v) is 5.49. The van der Waals surface area contributed by atoms with E-state index < -0.39 is 0 Å². The van der Waals surface area contributed by atoms with Crippen LogP contribution in [0.15, 0.2) is 30.3 Å². The number of anilines is 1. The highest BCUT2D eigenvalue weighted by molar-refractivity contribution is 5.91. The molecule has 0 amide bonds. The SMILES string of the molecule is Cc1cc(NCC2CCCN2C)c2ccccc2n1. The summed E-state index contributed by atoms with van der Waals surface area (Å²) in [6.45, 7) is 4.30. The van der Waals surface area contributed by atoms with E-state index in [2.05, 4.69) is 53.4 Å². The molecule has 2 aromatic rings. The highest BCUT2D eigenvalue weighted by atomic mass is 15.2. The molecule has 1 atom stereocenters. The molecule has 1 aliphatic rings. The largest absolute Gasteiger partial charge is 0.383 e. The number of likely N-dealkylation sites (N-methyl/N-ethyl adjacent to an activating group) is 1. The van der Waals surface area contributed by atoms with Crippen LogP contribution in [0.3, 0.4) is 0 Å². The zero-order valence-electron chi connectivity index (χ0n) is 11.7. The van der Waals surface area contributed by atoms with Gasteiger partial charge in [0.1, 0.15) is 0 Å². The summed E-state index contributed by atoms with van der Waals surface area (Å²) in [5, 5.41) is 4.84. The van der Waals surface area contributed by atoms with Crippen LogP contribution in [0.2, 0.25) is 0 Å². The monoisotopic (exact) mass is 255 g/mol. The second-order valence-electron chi connectivity index (χ2n) is 5.49. The number of nitrogens with one attached hydrogen (secondary N) is 1. The number of hydrogen-bond donors (Lipinski definition) is 1. The summed E-state index contributed by atoms with van der Waals surface area (Å²) in [5.41, 5.74) is 3.36. The average molecular weight is 255 g/mol. The Labute approximate surface area is 114 Å². The fraction of sp³-hybridized carbons (Fsp3) is 0.438. The first-order valence-electron chi connectivity index (χ1n) is 7.04. The van der Waals surface area contributed by atoms with Gasteiger partial charge in [-0.25, -0.2) is 0 Å². The standard InChI is InChI=1S/C16H21N3/c1-12-10-16(14-7-3-4-8-15(14)18-12)17-11-13-6-5-9-19(13)2/h3-4,7-8,10,13H,5-6,9,11H2,1-2H3,(H,17,18). The number of para-hydroxylation sites is 1. The molecule has 0 bridgehead atoms. The van der Waals surface area contributed by atoms with Crippen molar-refractivity contribution in [3.63, 3.8) is 0 Å². The Bertz CT molecular complexity index is 579. The van der Waals surface area contributed by atoms with E-state index >= 15 is 0 Å². The van der Waals surface area contributed by atoms with Crippen LogP contribution >= 0.6 is 0 Å². The number of likely N-dealkylation sites (tertiary alicyclic amines) is 1. The fourth-order valence-corrected chi connectivity index (χ4v) is 2.92. The van der Waals surface area contributed by atoms with Gasteiger partial charge in [0.15, 0.2) is 0 Å². The molecule has 2 heterocycles. The lowest BCUT2D eigenvalue weighted by molar-refractivity contribution is 0.322. The number of fused-ring (bicyclic) bond motifs is 1. The van der Waals surface area contributed by atoms with E-state index in [0.717, 1.165) is 17.8 Å². The minimum absolute atomic E-state index is 0.659. The average Bonchev–Trinajstić information content (AvgIpc) is 2.81. The molecule has 0 radical (unpaired) electrons. The van der Waals surface area contributed by atoms with E-state index in [1.165, 1.54) is 30.5 Å². The third-order valence-electron chi connectivity index (χ3n) is 4.04. The number of nitrogens with zero attached hydrogens (tertiary/aromatic N) is 2. The molecule has 1 fully saturated rings. The lowest BCUT2D eigenvalue weighted by Crippen LogP contribution is -2.31. The second kappa shape index (κ2) is 5.17. The van der Waals surface area contributed by atoms with Crippen LogP contribution in [0.25, 0.3) is 10.9 Å². The molecule has 1 unspecified atom stereocenters. The Balaban J connectivity index is 1.84. The van der Waals surface area contributed by atoms with Crippen LogP contribution in [0.5, 0.6) is 0 Å². The third-order valence-corrected chi connectivity index (χ3v) is 4.04. The number of hydrogen-bond acceptors (Lipinski definition) is 3. The van der Waals surface area contributed by atoms with E-state index in [1.807, 2.05) is 6.07 Å². The Morgan fingerprint density at radius 2 is 2.21 bits per heavy atom. The van der Waals surface area contributed by atoms with Gasteiger partial charge in [0.05, 0.1) is 5.52 Å². The molecule has 1 saturated heterocycles. The highest BCUT2D eigenvalue weighted by Gasteiger charge is 2.20. The Hall–Kier alpha value is -1.61. The van der Waals surface area contributed by atoms with E-state index in [9.17, 15) is 0 Å². The van der Waals surface area contributed by atoms with Crippen LogP contribution in [0, 0.1) is 6.92 Å². The van der Waals surface area contributed by atoms with Crippen molar-refractivity contribution < 1.29 is 0 Å². The number of aryl methyl sites for hydroxylation is 1. The Morgan fingerprint density at radius 3 is 3.00 bits per heavy atom. The first kappa shape index (κ1) is 12.4. The van der Waals surface area contributed by atoms with Crippen molar-refractivity contribution in [2.24, 2.45) is 0 Å². The Kier molecular flexibility index (Phi) is 3.38. The van der Waals surface area contributed by atoms with Crippen molar-refractivity contribution in [1.82, 2.24) is 9.88 Å². The molecule has 1 aromatic heterocycles. The maximum absolute atomic E-state index is 4.58. The summed E-state index contributed by atoms with van der Waals surface area (Å²) >= 11 is 0. The molecular formula is C16H21N3. The lowest BCUT2D eigenvalue weighted by Gasteiger charge is -2.21. The smallest absolute Gasteiger partial charge is 0.0725 e. The van der Waals surface area contributed by atoms with Gasteiger partial charge in [-0.15, -0.1) is 0 Å². The fourth-order valence-electron chi connectivity index (χ4n) is 2.92. The lowest BCUT2D eigenvalue weighted by atomic mass is 10.1. The molecule has 3 heteroatoms. The molecule has 19 heavy (non-hydrogen) atoms. The molecule has 3 nitrogen and oxygen atoms in total. The van der Waals surface area contributed by atoms with Crippen molar-refractivity contribution in [1.29, 1.82) is 0 Å². The van der Waals surface area contributed by atoms with Gasteiger partial charge in [-0.3, -0.25) is 4.98 Å². The maximum atomic E-state index is 4.58. The molecular weight excluding hydrogens is 234 g/mol. The first-order valence-corrected chi connectivity index (χ1v) is 7.04. The van der Waals surface area contributed by atoms with E-state index in [0.29, 0.717) is 6.04 Å². The molecule has 0 spiro atoms. The van der Waals surface area contributed by atoms with Crippen LogP contribution in [-0.2, 0) is 0 Å². The third kappa shape index (κ3) is 2.56. The summed E-state index contributed by atoms with van der Waals surface area (Å²) in [6, 6.07) is 11.2. The van der Waals surface area contributed by atoms with Crippen molar-refractivity contribution in [3.8, 4) is 0 Å². The minimum atomic E-state index is 0.659. The number of pyridine rings is 1. The van der Waals surface area contributed by atoms with Crippen LogP contribution < -0.4 is 5.32 Å². The van der Waals surface area contributed by atoms with Gasteiger partial charge in [0.2, 0.25) is 0 Å². The number of rotatable bonds is 3. The van der Waals surface area contributed by atoms with Crippen molar-refractivity contribution in [2.75, 3.05) is 25.5 Å². The Morgan fingerprint density at radius 1 is 1.37 bits per heavy atom. The van der Waals surface area contributed by atoms with Crippen LogP contribution in [-0.4, -0.2) is 36.1 Å². The van der Waals surface area contributed by atoms with Gasteiger partial charge in [-0.1, -0.05) is 18.2 Å². The predicted octanol–water partition coefficient (Wildman–Crippen LogP) is 3.05. The molecule has 3 rings (SSSR count). The van der Waals surface area contributed by atoms with E-state index in [1.54, 1.807) is 0 Å². The number of benzene rings is 1. The molecule has 1 aromatic carbocycles. The zero-order valence-corrected chi connectivity index (χ0v) is 11.7. The van der Waals surface area contributed by atoms with Gasteiger partial charge >= 0.3 is 0 Å². The van der Waals surface area contributed by atoms with Gasteiger partial charge in [-0.05, 0) is 45.5 Å². The van der Waals surface area contributed by atoms with Crippen molar-refractivity contribution in [3.05, 3.63) is 36.0 Å². The van der Waals surface area contributed by atoms with Gasteiger partial charge < -0.3 is 10.2 Å². The van der Waals surface area contributed by atoms with E-state index in [-0.39, 0.29) is 0 Å². The van der Waals surface area contributed by atoms with Gasteiger partial charge in [-0.2, -0.15) is 0 Å². The molecule has 0 aliphatic carbocycles. The van der Waals surface area contributed by atoms with Crippen molar-refractivity contribution >= 4 is 16.6 Å². The molecule has 1 N–H and O–H groups in total. The predicted molar refractivity (Wildman–Crippen MR) is 80.6 cm³/mol. The zero-order chi connectivity index (χ0) is 13.2. The quantitative estimate of drug-likeness (QED) is 0.913. The van der Waals surface area contributed by atoms with Crippen LogP contribution in [0.4, 0.5) is 5.69 Å². The molecule has 1 aliphatic heterocycles. The first-order chi connectivity index (χ1) is 9.24. The summed E-state index contributed by atoms with van der Waals surface area (Å²) in [4.78, 5) is 7.03. The molecule has 0 saturated carbocycles. The van der Waals surface area contributed by atoms with Gasteiger partial charge in [0, 0.05) is 29.4 Å². The topological polar surface area (TPSA) is 28.2 Å². The summed E-state index contributed by atoms with van der Waals surface area (Å²) in [5.74, 6) is 0. The van der Waals surface area contributed by atoms with Crippen molar-refractivity contribution in [2.45, 2.75) is 25.8 Å². The van der Waals surface area contributed by atoms with Crippen LogP contribution in [0.1, 0.15) is 18.5 Å².